The highest BCUT2D eigenvalue weighted by molar-refractivity contribution is 7.91. The fraction of sp³-hybridized carbons (Fsp3) is 0.167. The highest BCUT2D eigenvalue weighted by atomic mass is 32.2. The molecule has 0 amide bonds. The minimum Gasteiger partial charge on any atom is -0.493 e. The van der Waals surface area contributed by atoms with E-state index < -0.39 is 27.5 Å². The number of nitriles is 1. The number of ether oxygens (including phenoxy) is 1. The van der Waals surface area contributed by atoms with Gasteiger partial charge in [0.05, 0.1) is 23.2 Å². The SMILES string of the molecule is CC(C)(C)C(=O)Oc1cc2ccc(-c3cccc(C#N)c3)cc2cc1N1C=C(O)NS1(=O)=O. The van der Waals surface area contributed by atoms with Crippen LogP contribution in [0.3, 0.4) is 0 Å². The normalized spacial score (nSPS) is 15.0. The van der Waals surface area contributed by atoms with E-state index in [1.165, 1.54) is 0 Å². The van der Waals surface area contributed by atoms with E-state index in [-0.39, 0.29) is 11.4 Å². The lowest BCUT2D eigenvalue weighted by atomic mass is 9.97. The van der Waals surface area contributed by atoms with E-state index in [9.17, 15) is 23.6 Å². The Morgan fingerprint density at radius 1 is 1.06 bits per heavy atom. The first-order chi connectivity index (χ1) is 15.5. The molecule has 3 aromatic rings. The van der Waals surface area contributed by atoms with Gasteiger partial charge >= 0.3 is 16.2 Å². The van der Waals surface area contributed by atoms with E-state index in [0.717, 1.165) is 21.6 Å². The summed E-state index contributed by atoms with van der Waals surface area (Å²) in [5, 5.41) is 20.3. The number of aliphatic hydroxyl groups excluding tert-OH is 1. The van der Waals surface area contributed by atoms with E-state index in [0.29, 0.717) is 16.3 Å². The van der Waals surface area contributed by atoms with Gasteiger partial charge in [0.2, 0.25) is 5.88 Å². The first-order valence-electron chi connectivity index (χ1n) is 10.0. The summed E-state index contributed by atoms with van der Waals surface area (Å²) in [5.41, 5.74) is 1.42. The molecule has 0 fully saturated rings. The topological polar surface area (TPSA) is 120 Å². The van der Waals surface area contributed by atoms with Crippen molar-refractivity contribution < 1.29 is 23.1 Å². The Balaban J connectivity index is 1.89. The van der Waals surface area contributed by atoms with Crippen LogP contribution >= 0.6 is 0 Å². The number of esters is 1. The molecule has 0 atom stereocenters. The Labute approximate surface area is 191 Å². The predicted octanol–water partition coefficient (Wildman–Crippen LogP) is 4.34. The fourth-order valence-electron chi connectivity index (χ4n) is 3.31. The molecule has 0 unspecified atom stereocenters. The molecule has 1 heterocycles. The lowest BCUT2D eigenvalue weighted by molar-refractivity contribution is -0.142. The molecule has 0 aliphatic carbocycles. The Kier molecular flexibility index (Phi) is 5.26. The molecule has 1 aliphatic heterocycles. The third-order valence-electron chi connectivity index (χ3n) is 5.03. The molecule has 2 N–H and O–H groups in total. The molecule has 168 valence electrons. The molecule has 33 heavy (non-hydrogen) atoms. The summed E-state index contributed by atoms with van der Waals surface area (Å²) in [6.45, 7) is 5.08. The van der Waals surface area contributed by atoms with Crippen molar-refractivity contribution in [3.8, 4) is 22.9 Å². The van der Waals surface area contributed by atoms with Crippen LogP contribution in [0.2, 0.25) is 0 Å². The van der Waals surface area contributed by atoms with Crippen molar-refractivity contribution in [1.82, 2.24) is 4.72 Å². The predicted molar refractivity (Wildman–Crippen MR) is 124 cm³/mol. The van der Waals surface area contributed by atoms with Gasteiger partial charge in [0.25, 0.3) is 0 Å². The number of hydrogen-bond donors (Lipinski definition) is 2. The van der Waals surface area contributed by atoms with Gasteiger partial charge in [-0.15, -0.1) is 0 Å². The number of fused-ring (bicyclic) bond motifs is 1. The molecular weight excluding hydrogens is 442 g/mol. The average Bonchev–Trinajstić information content (AvgIpc) is 3.03. The van der Waals surface area contributed by atoms with Crippen molar-refractivity contribution in [2.45, 2.75) is 20.8 Å². The summed E-state index contributed by atoms with van der Waals surface area (Å²) in [5.74, 6) is -1.05. The molecule has 9 heteroatoms. The number of carbonyl (C=O) groups is 1. The van der Waals surface area contributed by atoms with E-state index in [2.05, 4.69) is 6.07 Å². The number of nitrogens with one attached hydrogen (secondary N) is 1. The van der Waals surface area contributed by atoms with Crippen molar-refractivity contribution in [3.63, 3.8) is 0 Å². The molecule has 0 spiro atoms. The Morgan fingerprint density at radius 2 is 1.79 bits per heavy atom. The van der Waals surface area contributed by atoms with Gasteiger partial charge in [-0.3, -0.25) is 4.79 Å². The third-order valence-corrected chi connectivity index (χ3v) is 6.31. The first-order valence-corrected chi connectivity index (χ1v) is 11.5. The van der Waals surface area contributed by atoms with Crippen molar-refractivity contribution in [2.24, 2.45) is 5.41 Å². The van der Waals surface area contributed by atoms with Gasteiger partial charge in [0.1, 0.15) is 5.69 Å². The molecule has 0 saturated carbocycles. The Bertz CT molecular complexity index is 1460. The molecule has 4 rings (SSSR count). The van der Waals surface area contributed by atoms with Gasteiger partial charge < -0.3 is 9.84 Å². The number of nitrogens with zero attached hydrogens (tertiary/aromatic N) is 2. The maximum absolute atomic E-state index is 12.6. The highest BCUT2D eigenvalue weighted by Crippen LogP contribution is 2.38. The monoisotopic (exact) mass is 463 g/mol. The van der Waals surface area contributed by atoms with Crippen LogP contribution in [0.1, 0.15) is 26.3 Å². The van der Waals surface area contributed by atoms with Gasteiger partial charge in [0.15, 0.2) is 5.75 Å². The summed E-state index contributed by atoms with van der Waals surface area (Å²) in [7, 11) is -4.11. The standard InChI is InChI=1S/C24H21N3O5S/c1-24(2,3)23(29)32-21-12-18-8-7-17(16-6-4-5-15(9-16)13-25)10-19(18)11-20(21)27-14-22(28)26-33(27,30)31/h4-12,14,26,28H,1-3H3. The van der Waals surface area contributed by atoms with Crippen LogP contribution in [-0.4, -0.2) is 19.5 Å². The number of aliphatic hydroxyl groups is 1. The van der Waals surface area contributed by atoms with Gasteiger partial charge in [-0.25, -0.2) is 9.03 Å². The van der Waals surface area contributed by atoms with Gasteiger partial charge in [-0.1, -0.05) is 24.3 Å². The summed E-state index contributed by atoms with van der Waals surface area (Å²) < 4.78 is 33.5. The fourth-order valence-corrected chi connectivity index (χ4v) is 4.36. The Morgan fingerprint density at radius 3 is 2.42 bits per heavy atom. The van der Waals surface area contributed by atoms with Crippen molar-refractivity contribution in [1.29, 1.82) is 5.26 Å². The van der Waals surface area contributed by atoms with Crippen LogP contribution < -0.4 is 13.8 Å². The van der Waals surface area contributed by atoms with E-state index >= 15 is 0 Å². The Hall–Kier alpha value is -4.03. The first kappa shape index (κ1) is 22.2. The molecule has 1 aliphatic rings. The zero-order valence-electron chi connectivity index (χ0n) is 18.2. The second-order valence-electron chi connectivity index (χ2n) is 8.63. The maximum atomic E-state index is 12.6. The minimum absolute atomic E-state index is 0.0398. The van der Waals surface area contributed by atoms with Gasteiger partial charge in [-0.2, -0.15) is 13.7 Å². The largest absolute Gasteiger partial charge is 0.493 e. The van der Waals surface area contributed by atoms with Crippen LogP contribution in [0, 0.1) is 16.7 Å². The summed E-state index contributed by atoms with van der Waals surface area (Å²) in [6, 6.07) is 18.0. The number of rotatable bonds is 3. The molecule has 0 aromatic heterocycles. The molecule has 0 bridgehead atoms. The quantitative estimate of drug-likeness (QED) is 0.440. The zero-order chi connectivity index (χ0) is 24.0. The number of carbonyl (C=O) groups excluding carboxylic acids is 1. The van der Waals surface area contributed by atoms with Gasteiger partial charge in [-0.05, 0) is 73.0 Å². The summed E-state index contributed by atoms with van der Waals surface area (Å²) in [4.78, 5) is 12.6. The third kappa shape index (κ3) is 4.33. The van der Waals surface area contributed by atoms with Crippen LogP contribution in [0.15, 0.2) is 66.7 Å². The van der Waals surface area contributed by atoms with Crippen LogP contribution in [0.4, 0.5) is 5.69 Å². The van der Waals surface area contributed by atoms with Gasteiger partial charge in [0, 0.05) is 0 Å². The van der Waals surface area contributed by atoms with Crippen molar-refractivity contribution in [2.75, 3.05) is 4.31 Å². The van der Waals surface area contributed by atoms with Crippen LogP contribution in [0.5, 0.6) is 5.75 Å². The summed E-state index contributed by atoms with van der Waals surface area (Å²) >= 11 is 0. The molecular formula is C24H21N3O5S. The van der Waals surface area contributed by atoms with E-state index in [4.69, 9.17) is 4.74 Å². The van der Waals surface area contributed by atoms with Crippen molar-refractivity contribution in [3.05, 3.63) is 72.2 Å². The average molecular weight is 464 g/mol. The number of benzene rings is 3. The lowest BCUT2D eigenvalue weighted by Gasteiger charge is -2.22. The number of anilines is 1. The lowest BCUT2D eigenvalue weighted by Crippen LogP contribution is -2.31. The minimum atomic E-state index is -4.11. The van der Waals surface area contributed by atoms with Crippen LogP contribution in [0.25, 0.3) is 21.9 Å². The zero-order valence-corrected chi connectivity index (χ0v) is 19.0. The molecule has 8 nitrogen and oxygen atoms in total. The number of hydrogen-bond acceptors (Lipinski definition) is 6. The van der Waals surface area contributed by atoms with Crippen LogP contribution in [-0.2, 0) is 15.0 Å². The molecule has 3 aromatic carbocycles. The second-order valence-corrected chi connectivity index (χ2v) is 10.2. The summed E-state index contributed by atoms with van der Waals surface area (Å²) in [6.07, 6.45) is 1.01. The van der Waals surface area contributed by atoms with Crippen molar-refractivity contribution >= 4 is 32.6 Å². The van der Waals surface area contributed by atoms with E-state index in [1.54, 1.807) is 51.1 Å². The van der Waals surface area contributed by atoms with E-state index in [1.807, 2.05) is 29.0 Å². The highest BCUT2D eigenvalue weighted by Gasteiger charge is 2.33. The second kappa shape index (κ2) is 7.83. The smallest absolute Gasteiger partial charge is 0.330 e. The molecule has 0 saturated heterocycles. The molecule has 0 radical (unpaired) electrons. The maximum Gasteiger partial charge on any atom is 0.330 e.